The molecule has 1 aliphatic heterocycles. The van der Waals surface area contributed by atoms with Gasteiger partial charge in [-0.15, -0.1) is 11.3 Å². The van der Waals surface area contributed by atoms with Crippen molar-refractivity contribution in [1.82, 2.24) is 9.80 Å². The molecule has 0 aliphatic carbocycles. The molecule has 3 rings (SSSR count). The number of benzene rings is 1. The summed E-state index contributed by atoms with van der Waals surface area (Å²) in [6.07, 6.45) is 5.14. The van der Waals surface area contributed by atoms with Gasteiger partial charge in [0.1, 0.15) is 6.61 Å². The predicted molar refractivity (Wildman–Crippen MR) is 114 cm³/mol. The van der Waals surface area contributed by atoms with E-state index in [1.54, 1.807) is 30.6 Å². The number of methoxy groups -OCH3 is 1. The first-order valence-electron chi connectivity index (χ1n) is 9.33. The number of nitrogens with zero attached hydrogens (tertiary/aromatic N) is 2. The van der Waals surface area contributed by atoms with E-state index in [4.69, 9.17) is 9.47 Å². The summed E-state index contributed by atoms with van der Waals surface area (Å²) in [5.74, 6) is 1.34. The number of thiophene rings is 1. The fraction of sp³-hybridized carbons (Fsp3) is 0.318. The lowest BCUT2D eigenvalue weighted by molar-refractivity contribution is -0.127. The van der Waals surface area contributed by atoms with E-state index in [1.807, 2.05) is 29.2 Å². The molecule has 0 bridgehead atoms. The van der Waals surface area contributed by atoms with Gasteiger partial charge in [-0.2, -0.15) is 0 Å². The Kier molecular flexibility index (Phi) is 7.28. The highest BCUT2D eigenvalue weighted by Gasteiger charge is 2.19. The van der Waals surface area contributed by atoms with Gasteiger partial charge in [0.15, 0.2) is 11.5 Å². The van der Waals surface area contributed by atoms with E-state index in [1.165, 1.54) is 4.88 Å². The monoisotopic (exact) mass is 398 g/mol. The molecular formula is C22H26N2O3S. The van der Waals surface area contributed by atoms with E-state index >= 15 is 0 Å². The highest BCUT2D eigenvalue weighted by atomic mass is 32.1. The molecule has 1 saturated heterocycles. The number of carbonyl (C=O) groups is 1. The van der Waals surface area contributed by atoms with E-state index in [2.05, 4.69) is 29.0 Å². The van der Waals surface area contributed by atoms with Gasteiger partial charge < -0.3 is 14.4 Å². The lowest BCUT2D eigenvalue weighted by Crippen LogP contribution is -2.47. The first kappa shape index (κ1) is 20.2. The highest BCUT2D eigenvalue weighted by molar-refractivity contribution is 7.09. The minimum absolute atomic E-state index is 0.0433. The van der Waals surface area contributed by atoms with Crippen molar-refractivity contribution >= 4 is 23.3 Å². The van der Waals surface area contributed by atoms with Crippen LogP contribution >= 0.6 is 11.3 Å². The third kappa shape index (κ3) is 5.47. The Morgan fingerprint density at radius 1 is 1.21 bits per heavy atom. The summed E-state index contributed by atoms with van der Waals surface area (Å²) in [6, 6.07) is 9.85. The van der Waals surface area contributed by atoms with Crippen molar-refractivity contribution < 1.29 is 14.3 Å². The maximum Gasteiger partial charge on any atom is 0.246 e. The van der Waals surface area contributed by atoms with Gasteiger partial charge in [0.25, 0.3) is 0 Å². The molecule has 2 heterocycles. The van der Waals surface area contributed by atoms with Gasteiger partial charge in [0.2, 0.25) is 5.91 Å². The second kappa shape index (κ2) is 10.1. The van der Waals surface area contributed by atoms with Crippen LogP contribution < -0.4 is 9.47 Å². The van der Waals surface area contributed by atoms with E-state index in [0.717, 1.165) is 38.3 Å². The number of amides is 1. The van der Waals surface area contributed by atoms with Crippen molar-refractivity contribution in [3.05, 3.63) is 64.9 Å². The summed E-state index contributed by atoms with van der Waals surface area (Å²) in [7, 11) is 1.60. The molecule has 148 valence electrons. The zero-order valence-electron chi connectivity index (χ0n) is 16.2. The summed E-state index contributed by atoms with van der Waals surface area (Å²) >= 11 is 1.78. The topological polar surface area (TPSA) is 42.0 Å². The zero-order chi connectivity index (χ0) is 19.8. The summed E-state index contributed by atoms with van der Waals surface area (Å²) in [5.41, 5.74) is 0.896. The molecule has 28 heavy (non-hydrogen) atoms. The highest BCUT2D eigenvalue weighted by Crippen LogP contribution is 2.28. The Balaban J connectivity index is 1.53. The second-order valence-electron chi connectivity index (χ2n) is 6.52. The van der Waals surface area contributed by atoms with Crippen LogP contribution in [0.5, 0.6) is 11.5 Å². The van der Waals surface area contributed by atoms with Gasteiger partial charge in [-0.25, -0.2) is 0 Å². The molecule has 0 spiro atoms. The second-order valence-corrected chi connectivity index (χ2v) is 7.56. The number of hydrogen-bond acceptors (Lipinski definition) is 5. The van der Waals surface area contributed by atoms with Gasteiger partial charge >= 0.3 is 0 Å². The van der Waals surface area contributed by atoms with Crippen molar-refractivity contribution in [2.45, 2.75) is 6.54 Å². The number of piperazine rings is 1. The van der Waals surface area contributed by atoms with Crippen LogP contribution in [0.4, 0.5) is 0 Å². The Labute approximate surface area is 170 Å². The lowest BCUT2D eigenvalue weighted by atomic mass is 10.2. The van der Waals surface area contributed by atoms with E-state index in [0.29, 0.717) is 18.1 Å². The molecule has 1 aliphatic rings. The predicted octanol–water partition coefficient (Wildman–Crippen LogP) is 3.68. The number of rotatable bonds is 8. The van der Waals surface area contributed by atoms with Crippen molar-refractivity contribution in [2.24, 2.45) is 0 Å². The molecule has 1 aromatic heterocycles. The fourth-order valence-corrected chi connectivity index (χ4v) is 3.82. The zero-order valence-corrected chi connectivity index (χ0v) is 17.0. The van der Waals surface area contributed by atoms with Gasteiger partial charge in [0.05, 0.1) is 7.11 Å². The van der Waals surface area contributed by atoms with Crippen molar-refractivity contribution in [3.63, 3.8) is 0 Å². The van der Waals surface area contributed by atoms with Gasteiger partial charge in [0, 0.05) is 43.7 Å². The SMILES string of the molecule is C=CCOc1ccc(/C=C/C(=O)N2CCN(Cc3cccs3)CC2)cc1OC. The van der Waals surface area contributed by atoms with Crippen LogP contribution in [0, 0.1) is 0 Å². The average molecular weight is 399 g/mol. The first-order valence-corrected chi connectivity index (χ1v) is 10.2. The maximum absolute atomic E-state index is 12.5. The average Bonchev–Trinajstić information content (AvgIpc) is 3.24. The molecule has 1 aromatic carbocycles. The third-order valence-electron chi connectivity index (χ3n) is 4.61. The van der Waals surface area contributed by atoms with E-state index < -0.39 is 0 Å². The fourth-order valence-electron chi connectivity index (χ4n) is 3.08. The molecule has 1 fully saturated rings. The van der Waals surface area contributed by atoms with Crippen LogP contribution in [0.15, 0.2) is 54.4 Å². The van der Waals surface area contributed by atoms with Crippen LogP contribution in [0.1, 0.15) is 10.4 Å². The molecule has 6 heteroatoms. The summed E-state index contributed by atoms with van der Waals surface area (Å²) in [4.78, 5) is 18.2. The largest absolute Gasteiger partial charge is 0.493 e. The standard InChI is InChI=1S/C22H26N2O3S/c1-3-14-27-20-8-6-18(16-21(20)26-2)7-9-22(25)24-12-10-23(11-13-24)17-19-5-4-15-28-19/h3-9,15-16H,1,10-14,17H2,2H3/b9-7+. The molecule has 0 N–H and O–H groups in total. The summed E-state index contributed by atoms with van der Waals surface area (Å²) in [5, 5.41) is 2.10. The molecule has 0 atom stereocenters. The Bertz CT molecular complexity index is 809. The van der Waals surface area contributed by atoms with Crippen LogP contribution in [-0.2, 0) is 11.3 Å². The van der Waals surface area contributed by atoms with Gasteiger partial charge in [-0.3, -0.25) is 9.69 Å². The maximum atomic E-state index is 12.5. The first-order chi connectivity index (χ1) is 13.7. The molecule has 5 nitrogen and oxygen atoms in total. The van der Waals surface area contributed by atoms with Crippen LogP contribution in [0.25, 0.3) is 6.08 Å². The van der Waals surface area contributed by atoms with Crippen LogP contribution in [0.2, 0.25) is 0 Å². The minimum atomic E-state index is 0.0433. The quantitative estimate of drug-likeness (QED) is 0.503. The van der Waals surface area contributed by atoms with Gasteiger partial charge in [-0.1, -0.05) is 24.8 Å². The number of carbonyl (C=O) groups excluding carboxylic acids is 1. The smallest absolute Gasteiger partial charge is 0.246 e. The van der Waals surface area contributed by atoms with Crippen LogP contribution in [-0.4, -0.2) is 55.6 Å². The normalized spacial score (nSPS) is 15.0. The Morgan fingerprint density at radius 2 is 2.04 bits per heavy atom. The van der Waals surface area contributed by atoms with Crippen molar-refractivity contribution in [1.29, 1.82) is 0 Å². The van der Waals surface area contributed by atoms with Crippen LogP contribution in [0.3, 0.4) is 0 Å². The molecular weight excluding hydrogens is 372 g/mol. The minimum Gasteiger partial charge on any atom is -0.493 e. The summed E-state index contributed by atoms with van der Waals surface area (Å²) < 4.78 is 10.9. The molecule has 2 aromatic rings. The molecule has 1 amide bonds. The Hall–Kier alpha value is -2.57. The molecule has 0 saturated carbocycles. The summed E-state index contributed by atoms with van der Waals surface area (Å²) in [6.45, 7) is 8.35. The van der Waals surface area contributed by atoms with E-state index in [9.17, 15) is 4.79 Å². The Morgan fingerprint density at radius 3 is 2.71 bits per heavy atom. The van der Waals surface area contributed by atoms with Gasteiger partial charge in [-0.05, 0) is 35.2 Å². The van der Waals surface area contributed by atoms with Crippen molar-refractivity contribution in [3.8, 4) is 11.5 Å². The third-order valence-corrected chi connectivity index (χ3v) is 5.47. The number of ether oxygens (including phenoxy) is 2. The molecule has 0 unspecified atom stereocenters. The lowest BCUT2D eigenvalue weighted by Gasteiger charge is -2.34. The molecule has 0 radical (unpaired) electrons. The number of hydrogen-bond donors (Lipinski definition) is 0. The van der Waals surface area contributed by atoms with E-state index in [-0.39, 0.29) is 5.91 Å². The van der Waals surface area contributed by atoms with Crippen molar-refractivity contribution in [2.75, 3.05) is 39.9 Å².